The normalized spacial score (nSPS) is 12.3. The fourth-order valence-corrected chi connectivity index (χ4v) is 2.56. The molecule has 3 rings (SSSR count). The Hall–Kier alpha value is -2.42. The molecular formula is C17H17N3. The number of rotatable bonds is 3. The van der Waals surface area contributed by atoms with E-state index in [1.165, 1.54) is 11.1 Å². The Morgan fingerprint density at radius 3 is 2.40 bits per heavy atom. The summed E-state index contributed by atoms with van der Waals surface area (Å²) in [6, 6.07) is 14.5. The highest BCUT2D eigenvalue weighted by atomic mass is 15.1. The maximum Gasteiger partial charge on any atom is 0.0672 e. The van der Waals surface area contributed by atoms with Gasteiger partial charge in [-0.3, -0.25) is 10.1 Å². The van der Waals surface area contributed by atoms with Gasteiger partial charge in [-0.05, 0) is 30.2 Å². The molecule has 0 amide bonds. The quantitative estimate of drug-likeness (QED) is 0.777. The Morgan fingerprint density at radius 1 is 1.00 bits per heavy atom. The lowest BCUT2D eigenvalue weighted by atomic mass is 9.92. The van der Waals surface area contributed by atoms with Crippen LogP contribution in [-0.2, 0) is 0 Å². The van der Waals surface area contributed by atoms with Crippen LogP contribution in [0.4, 0.5) is 0 Å². The van der Waals surface area contributed by atoms with Gasteiger partial charge in [0.1, 0.15) is 0 Å². The van der Waals surface area contributed by atoms with Gasteiger partial charge in [0.2, 0.25) is 0 Å². The molecule has 3 aromatic rings. The number of aryl methyl sites for hydroxylation is 1. The molecule has 0 aliphatic rings. The lowest BCUT2D eigenvalue weighted by Gasteiger charge is -2.13. The summed E-state index contributed by atoms with van der Waals surface area (Å²) < 4.78 is 0. The second kappa shape index (κ2) is 5.29. The van der Waals surface area contributed by atoms with Crippen molar-refractivity contribution in [3.8, 4) is 11.1 Å². The third kappa shape index (κ3) is 2.23. The molecule has 0 fully saturated rings. The highest BCUT2D eigenvalue weighted by molar-refractivity contribution is 5.69. The standard InChI is InChI=1S/C17H17N3/c1-12(14-6-4-3-5-7-14)17-16(13(2)19-20-17)15-8-10-18-11-9-15/h3-12H,1-2H3,(H,19,20). The van der Waals surface area contributed by atoms with Crippen molar-refractivity contribution >= 4 is 0 Å². The summed E-state index contributed by atoms with van der Waals surface area (Å²) in [5.41, 5.74) is 5.80. The van der Waals surface area contributed by atoms with Crippen molar-refractivity contribution in [1.29, 1.82) is 0 Å². The number of benzene rings is 1. The first kappa shape index (κ1) is 12.6. The number of nitrogens with one attached hydrogen (secondary N) is 1. The first-order valence-corrected chi connectivity index (χ1v) is 6.77. The Kier molecular flexibility index (Phi) is 3.33. The minimum absolute atomic E-state index is 0.278. The van der Waals surface area contributed by atoms with E-state index >= 15 is 0 Å². The number of pyridine rings is 1. The number of aromatic amines is 1. The van der Waals surface area contributed by atoms with Crippen LogP contribution in [0.25, 0.3) is 11.1 Å². The molecule has 0 saturated heterocycles. The Labute approximate surface area is 118 Å². The molecule has 1 atom stereocenters. The molecule has 2 heterocycles. The molecule has 1 aromatic carbocycles. The molecule has 0 spiro atoms. The SMILES string of the molecule is Cc1n[nH]c(C(C)c2ccccc2)c1-c1ccncc1. The number of aromatic nitrogens is 3. The predicted molar refractivity (Wildman–Crippen MR) is 80.5 cm³/mol. The average Bonchev–Trinajstić information content (AvgIpc) is 2.90. The second-order valence-electron chi connectivity index (χ2n) is 4.97. The van der Waals surface area contributed by atoms with E-state index < -0.39 is 0 Å². The molecule has 100 valence electrons. The van der Waals surface area contributed by atoms with Gasteiger partial charge in [0, 0.05) is 23.9 Å². The molecule has 0 aliphatic heterocycles. The molecule has 0 saturated carbocycles. The predicted octanol–water partition coefficient (Wildman–Crippen LogP) is 3.93. The van der Waals surface area contributed by atoms with Crippen LogP contribution in [0.2, 0.25) is 0 Å². The highest BCUT2D eigenvalue weighted by Crippen LogP contribution is 2.33. The van der Waals surface area contributed by atoms with Crippen LogP contribution in [0.1, 0.15) is 29.8 Å². The summed E-state index contributed by atoms with van der Waals surface area (Å²) in [6.07, 6.45) is 3.64. The zero-order chi connectivity index (χ0) is 13.9. The first-order valence-electron chi connectivity index (χ1n) is 6.77. The molecule has 0 aliphatic carbocycles. The van der Waals surface area contributed by atoms with Crippen LogP contribution in [0.15, 0.2) is 54.9 Å². The number of H-pyrrole nitrogens is 1. The lowest BCUT2D eigenvalue weighted by Crippen LogP contribution is -1.98. The lowest BCUT2D eigenvalue weighted by molar-refractivity contribution is 0.853. The molecule has 1 unspecified atom stereocenters. The molecule has 0 bridgehead atoms. The van der Waals surface area contributed by atoms with Crippen molar-refractivity contribution in [2.45, 2.75) is 19.8 Å². The van der Waals surface area contributed by atoms with E-state index in [0.29, 0.717) is 0 Å². The maximum absolute atomic E-state index is 4.39. The zero-order valence-electron chi connectivity index (χ0n) is 11.7. The van der Waals surface area contributed by atoms with E-state index in [0.717, 1.165) is 17.0 Å². The van der Waals surface area contributed by atoms with Crippen LogP contribution in [0.5, 0.6) is 0 Å². The van der Waals surface area contributed by atoms with E-state index in [1.54, 1.807) is 0 Å². The summed E-state index contributed by atoms with van der Waals surface area (Å²) in [6.45, 7) is 4.24. The fraction of sp³-hybridized carbons (Fsp3) is 0.176. The molecule has 1 N–H and O–H groups in total. The molecular weight excluding hydrogens is 246 g/mol. The number of hydrogen-bond donors (Lipinski definition) is 1. The van der Waals surface area contributed by atoms with Gasteiger partial charge in [0.25, 0.3) is 0 Å². The third-order valence-electron chi connectivity index (χ3n) is 3.68. The minimum Gasteiger partial charge on any atom is -0.281 e. The van der Waals surface area contributed by atoms with Gasteiger partial charge in [-0.2, -0.15) is 5.10 Å². The molecule has 2 aromatic heterocycles. The van der Waals surface area contributed by atoms with Gasteiger partial charge in [-0.25, -0.2) is 0 Å². The van der Waals surface area contributed by atoms with Crippen LogP contribution < -0.4 is 0 Å². The highest BCUT2D eigenvalue weighted by Gasteiger charge is 2.18. The van der Waals surface area contributed by atoms with Gasteiger partial charge in [-0.1, -0.05) is 37.3 Å². The smallest absolute Gasteiger partial charge is 0.0672 e. The van der Waals surface area contributed by atoms with E-state index in [9.17, 15) is 0 Å². The second-order valence-corrected chi connectivity index (χ2v) is 4.97. The van der Waals surface area contributed by atoms with E-state index in [1.807, 2.05) is 37.5 Å². The Bertz CT molecular complexity index is 687. The van der Waals surface area contributed by atoms with Gasteiger partial charge >= 0.3 is 0 Å². The van der Waals surface area contributed by atoms with Crippen molar-refractivity contribution in [3.63, 3.8) is 0 Å². The topological polar surface area (TPSA) is 41.6 Å². The van der Waals surface area contributed by atoms with Crippen LogP contribution in [-0.4, -0.2) is 15.2 Å². The number of hydrogen-bond acceptors (Lipinski definition) is 2. The van der Waals surface area contributed by atoms with E-state index in [2.05, 4.69) is 46.4 Å². The van der Waals surface area contributed by atoms with Crippen LogP contribution >= 0.6 is 0 Å². The largest absolute Gasteiger partial charge is 0.281 e. The van der Waals surface area contributed by atoms with Crippen LogP contribution in [0, 0.1) is 6.92 Å². The third-order valence-corrected chi connectivity index (χ3v) is 3.68. The Balaban J connectivity index is 2.08. The van der Waals surface area contributed by atoms with Gasteiger partial charge < -0.3 is 0 Å². The summed E-state index contributed by atoms with van der Waals surface area (Å²) in [5.74, 6) is 0.278. The van der Waals surface area contributed by atoms with Crippen molar-refractivity contribution in [2.75, 3.05) is 0 Å². The molecule has 3 nitrogen and oxygen atoms in total. The van der Waals surface area contributed by atoms with Crippen LogP contribution in [0.3, 0.4) is 0 Å². The summed E-state index contributed by atoms with van der Waals surface area (Å²) in [4.78, 5) is 4.09. The van der Waals surface area contributed by atoms with Crippen molar-refractivity contribution < 1.29 is 0 Å². The fourth-order valence-electron chi connectivity index (χ4n) is 2.56. The summed E-state index contributed by atoms with van der Waals surface area (Å²) >= 11 is 0. The van der Waals surface area contributed by atoms with E-state index in [-0.39, 0.29) is 5.92 Å². The minimum atomic E-state index is 0.278. The number of nitrogens with zero attached hydrogens (tertiary/aromatic N) is 2. The van der Waals surface area contributed by atoms with Gasteiger partial charge in [0.15, 0.2) is 0 Å². The van der Waals surface area contributed by atoms with Gasteiger partial charge in [0.05, 0.1) is 11.4 Å². The summed E-state index contributed by atoms with van der Waals surface area (Å²) in [5, 5.41) is 7.59. The molecule has 20 heavy (non-hydrogen) atoms. The zero-order valence-corrected chi connectivity index (χ0v) is 11.7. The molecule has 3 heteroatoms. The monoisotopic (exact) mass is 263 g/mol. The van der Waals surface area contributed by atoms with Crippen molar-refractivity contribution in [1.82, 2.24) is 15.2 Å². The maximum atomic E-state index is 4.39. The van der Waals surface area contributed by atoms with Crippen molar-refractivity contribution in [3.05, 3.63) is 71.8 Å². The first-order chi connectivity index (χ1) is 9.77. The van der Waals surface area contributed by atoms with Crippen molar-refractivity contribution in [2.24, 2.45) is 0 Å². The van der Waals surface area contributed by atoms with Gasteiger partial charge in [-0.15, -0.1) is 0 Å². The van der Waals surface area contributed by atoms with E-state index in [4.69, 9.17) is 0 Å². The Morgan fingerprint density at radius 2 is 1.70 bits per heavy atom. The molecule has 0 radical (unpaired) electrons. The average molecular weight is 263 g/mol. The summed E-state index contributed by atoms with van der Waals surface area (Å²) in [7, 11) is 0.